The van der Waals surface area contributed by atoms with Crippen LogP contribution in [0.1, 0.15) is 27.7 Å². The molecule has 0 bridgehead atoms. The first kappa shape index (κ1) is 12.2. The third kappa shape index (κ3) is 7.52. The molecule has 0 atom stereocenters. The lowest BCUT2D eigenvalue weighted by Gasteiger charge is -2.19. The molecule has 0 saturated carbocycles. The lowest BCUT2D eigenvalue weighted by atomic mass is 10.1. The highest BCUT2D eigenvalue weighted by molar-refractivity contribution is 7.80. The van der Waals surface area contributed by atoms with Gasteiger partial charge in [0.1, 0.15) is 0 Å². The van der Waals surface area contributed by atoms with Crippen LogP contribution < -0.4 is 10.6 Å². The largest absolute Gasteiger partial charge is 0.414 e. The summed E-state index contributed by atoms with van der Waals surface area (Å²) >= 11 is 4.72. The Hall–Kier alpha value is -0.840. The number of rotatable bonds is 1. The molecule has 0 spiro atoms. The smallest absolute Gasteiger partial charge is 0.383 e. The van der Waals surface area contributed by atoms with Gasteiger partial charge in [-0.2, -0.15) is 0 Å². The fraction of sp³-hybridized carbons (Fsp3) is 0.750. The Labute approximate surface area is 84.0 Å². The summed E-state index contributed by atoms with van der Waals surface area (Å²) in [5, 5.41) is 5.43. The summed E-state index contributed by atoms with van der Waals surface area (Å²) in [4.78, 5) is 11.1. The van der Waals surface area contributed by atoms with E-state index in [-0.39, 0.29) is 10.7 Å². The molecular formula is C8H16N2O2S. The molecule has 0 rings (SSSR count). The highest BCUT2D eigenvalue weighted by atomic mass is 32.1. The number of ether oxygens (including phenoxy) is 1. The highest BCUT2D eigenvalue weighted by Crippen LogP contribution is 1.98. The van der Waals surface area contributed by atoms with Crippen molar-refractivity contribution in [3.8, 4) is 0 Å². The number of hydrogen-bond acceptors (Lipinski definition) is 3. The first-order valence-corrected chi connectivity index (χ1v) is 4.54. The SMILES string of the molecule is CCNC(=S)OC(=O)NC(C)(C)C. The lowest BCUT2D eigenvalue weighted by Crippen LogP contribution is -2.43. The molecule has 0 saturated heterocycles. The molecule has 0 heterocycles. The molecule has 0 aliphatic heterocycles. The number of amides is 1. The quantitative estimate of drug-likeness (QED) is 0.634. The summed E-state index contributed by atoms with van der Waals surface area (Å²) in [6.45, 7) is 8.11. The van der Waals surface area contributed by atoms with Gasteiger partial charge in [-0.05, 0) is 39.9 Å². The Bertz CT molecular complexity index is 199. The minimum atomic E-state index is -0.529. The number of nitrogens with one attached hydrogen (secondary N) is 2. The average Bonchev–Trinajstić information content (AvgIpc) is 1.81. The van der Waals surface area contributed by atoms with E-state index < -0.39 is 6.09 Å². The molecule has 2 N–H and O–H groups in total. The molecule has 0 unspecified atom stereocenters. The van der Waals surface area contributed by atoms with Crippen LogP contribution in [0.4, 0.5) is 4.79 Å². The number of thiocarbonyl (C=S) groups is 1. The zero-order chi connectivity index (χ0) is 10.5. The minimum absolute atomic E-state index is 0.101. The maximum Gasteiger partial charge on any atom is 0.414 e. The van der Waals surface area contributed by atoms with Gasteiger partial charge in [0, 0.05) is 12.1 Å². The van der Waals surface area contributed by atoms with Crippen LogP contribution >= 0.6 is 12.2 Å². The Balaban J connectivity index is 3.82. The molecule has 0 radical (unpaired) electrons. The molecule has 13 heavy (non-hydrogen) atoms. The molecule has 0 fully saturated rings. The van der Waals surface area contributed by atoms with Gasteiger partial charge in [0.2, 0.25) is 0 Å². The Morgan fingerprint density at radius 1 is 1.46 bits per heavy atom. The van der Waals surface area contributed by atoms with Crippen LogP contribution in [0.2, 0.25) is 0 Å². The normalized spacial score (nSPS) is 10.5. The third-order valence-electron chi connectivity index (χ3n) is 0.984. The second-order valence-electron chi connectivity index (χ2n) is 3.58. The van der Waals surface area contributed by atoms with Gasteiger partial charge in [0.25, 0.3) is 5.17 Å². The summed E-state index contributed by atoms with van der Waals surface area (Å²) < 4.78 is 4.74. The summed E-state index contributed by atoms with van der Waals surface area (Å²) in [6.07, 6.45) is -0.529. The molecule has 76 valence electrons. The topological polar surface area (TPSA) is 50.4 Å². The van der Waals surface area contributed by atoms with Crippen LogP contribution in [0.25, 0.3) is 0 Å². The van der Waals surface area contributed by atoms with Crippen LogP contribution in [0.3, 0.4) is 0 Å². The van der Waals surface area contributed by atoms with Gasteiger partial charge >= 0.3 is 6.09 Å². The van der Waals surface area contributed by atoms with Crippen molar-refractivity contribution in [3.63, 3.8) is 0 Å². The van der Waals surface area contributed by atoms with Gasteiger partial charge in [-0.3, -0.25) is 0 Å². The van der Waals surface area contributed by atoms with Crippen molar-refractivity contribution in [2.24, 2.45) is 0 Å². The zero-order valence-electron chi connectivity index (χ0n) is 8.43. The van der Waals surface area contributed by atoms with E-state index in [9.17, 15) is 4.79 Å². The molecule has 5 heteroatoms. The predicted octanol–water partition coefficient (Wildman–Crippen LogP) is 1.41. The second-order valence-corrected chi connectivity index (χ2v) is 3.95. The molecule has 0 aromatic carbocycles. The molecule has 0 aliphatic rings. The van der Waals surface area contributed by atoms with Crippen molar-refractivity contribution in [2.45, 2.75) is 33.2 Å². The van der Waals surface area contributed by atoms with E-state index in [2.05, 4.69) is 10.6 Å². The van der Waals surface area contributed by atoms with E-state index in [1.807, 2.05) is 27.7 Å². The van der Waals surface area contributed by atoms with E-state index in [4.69, 9.17) is 17.0 Å². The lowest BCUT2D eigenvalue weighted by molar-refractivity contribution is 0.187. The third-order valence-corrected chi connectivity index (χ3v) is 1.21. The molecule has 0 aromatic heterocycles. The first-order chi connectivity index (χ1) is 5.85. The van der Waals surface area contributed by atoms with Crippen molar-refractivity contribution >= 4 is 23.5 Å². The standard InChI is InChI=1S/C8H16N2O2S/c1-5-9-7(13)12-6(11)10-8(2,3)4/h5H2,1-4H3,(H,9,13)(H,10,11). The van der Waals surface area contributed by atoms with Gasteiger partial charge in [-0.25, -0.2) is 4.79 Å². The fourth-order valence-corrected chi connectivity index (χ4v) is 0.816. The van der Waals surface area contributed by atoms with Crippen molar-refractivity contribution in [2.75, 3.05) is 6.54 Å². The summed E-state index contributed by atoms with van der Waals surface area (Å²) in [7, 11) is 0. The van der Waals surface area contributed by atoms with E-state index in [0.717, 1.165) is 0 Å². The Morgan fingerprint density at radius 2 is 2.00 bits per heavy atom. The zero-order valence-corrected chi connectivity index (χ0v) is 9.25. The van der Waals surface area contributed by atoms with Crippen LogP contribution in [-0.2, 0) is 4.74 Å². The Morgan fingerprint density at radius 3 is 2.38 bits per heavy atom. The average molecular weight is 204 g/mol. The van der Waals surface area contributed by atoms with Gasteiger partial charge < -0.3 is 15.4 Å². The predicted molar refractivity (Wildman–Crippen MR) is 55.6 cm³/mol. The van der Waals surface area contributed by atoms with Crippen LogP contribution in [0, 0.1) is 0 Å². The van der Waals surface area contributed by atoms with Gasteiger partial charge in [-0.15, -0.1) is 0 Å². The van der Waals surface area contributed by atoms with Crippen molar-refractivity contribution in [1.82, 2.24) is 10.6 Å². The Kier molecular flexibility index (Phi) is 4.69. The van der Waals surface area contributed by atoms with E-state index >= 15 is 0 Å². The number of carbonyl (C=O) groups excluding carboxylic acids is 1. The number of alkyl carbamates (subject to hydrolysis) is 1. The summed E-state index contributed by atoms with van der Waals surface area (Å²) in [5.41, 5.74) is -0.307. The van der Waals surface area contributed by atoms with E-state index in [1.54, 1.807) is 0 Å². The van der Waals surface area contributed by atoms with Gasteiger partial charge in [-0.1, -0.05) is 0 Å². The van der Waals surface area contributed by atoms with Crippen molar-refractivity contribution < 1.29 is 9.53 Å². The van der Waals surface area contributed by atoms with E-state index in [1.165, 1.54) is 0 Å². The van der Waals surface area contributed by atoms with Gasteiger partial charge in [0.15, 0.2) is 0 Å². The van der Waals surface area contributed by atoms with Crippen LogP contribution in [-0.4, -0.2) is 23.4 Å². The molecule has 0 aliphatic carbocycles. The van der Waals surface area contributed by atoms with Crippen LogP contribution in [0.15, 0.2) is 0 Å². The highest BCUT2D eigenvalue weighted by Gasteiger charge is 2.15. The molecule has 4 nitrogen and oxygen atoms in total. The fourth-order valence-electron chi connectivity index (χ4n) is 0.596. The molecule has 0 aromatic rings. The second kappa shape index (κ2) is 5.01. The summed E-state index contributed by atoms with van der Waals surface area (Å²) in [6, 6.07) is 0. The molecular weight excluding hydrogens is 188 g/mol. The van der Waals surface area contributed by atoms with E-state index in [0.29, 0.717) is 6.54 Å². The van der Waals surface area contributed by atoms with Gasteiger partial charge in [0.05, 0.1) is 0 Å². The minimum Gasteiger partial charge on any atom is -0.383 e. The number of hydrogen-bond donors (Lipinski definition) is 2. The van der Waals surface area contributed by atoms with Crippen molar-refractivity contribution in [3.05, 3.63) is 0 Å². The maximum atomic E-state index is 11.1. The van der Waals surface area contributed by atoms with Crippen molar-refractivity contribution in [1.29, 1.82) is 0 Å². The summed E-state index contributed by atoms with van der Waals surface area (Å²) in [5.74, 6) is 0. The molecule has 1 amide bonds. The first-order valence-electron chi connectivity index (χ1n) is 4.13. The monoisotopic (exact) mass is 204 g/mol. The maximum absolute atomic E-state index is 11.1. The number of carbonyl (C=O) groups is 1. The van der Waals surface area contributed by atoms with Crippen LogP contribution in [0.5, 0.6) is 0 Å².